The summed E-state index contributed by atoms with van der Waals surface area (Å²) in [6.45, 7) is 27.7. The van der Waals surface area contributed by atoms with E-state index >= 15 is 0 Å². The van der Waals surface area contributed by atoms with Crippen LogP contribution in [0.1, 0.15) is 107 Å². The maximum absolute atomic E-state index is 3.72. The predicted molar refractivity (Wildman–Crippen MR) is 195 cm³/mol. The Morgan fingerprint density at radius 2 is 1.40 bits per heavy atom. The Morgan fingerprint density at radius 3 is 1.77 bits per heavy atom. The Labute approximate surface area is 293 Å². The van der Waals surface area contributed by atoms with Crippen LogP contribution >= 0.6 is 24.8 Å². The predicted octanol–water partition coefficient (Wildman–Crippen LogP) is 11.9. The van der Waals surface area contributed by atoms with Crippen molar-refractivity contribution in [2.75, 3.05) is 0 Å². The van der Waals surface area contributed by atoms with E-state index in [1.54, 1.807) is 0 Å². The number of aryl methyl sites for hydroxylation is 2. The summed E-state index contributed by atoms with van der Waals surface area (Å²) in [6.07, 6.45) is 13.3. The zero-order chi connectivity index (χ0) is 31.2. The summed E-state index contributed by atoms with van der Waals surface area (Å²) < 4.78 is 3.34. The van der Waals surface area contributed by atoms with Gasteiger partial charge in [0, 0.05) is 0 Å². The van der Waals surface area contributed by atoms with Crippen molar-refractivity contribution in [2.24, 2.45) is 0 Å². The second kappa shape index (κ2) is 21.1. The molecule has 5 rings (SSSR count). The molecule has 0 atom stereocenters. The third-order valence-electron chi connectivity index (χ3n) is 6.86. The fourth-order valence-corrected chi connectivity index (χ4v) is 4.84. The second-order valence-electron chi connectivity index (χ2n) is 12.5. The molecular formula is C40H54Cl2Zr-4. The summed E-state index contributed by atoms with van der Waals surface area (Å²) in [6, 6.07) is 20.8. The fraction of sp³-hybridized carbons (Fsp3) is 0.375. The Balaban J connectivity index is 0. The van der Waals surface area contributed by atoms with Crippen LogP contribution in [0.2, 0.25) is 0 Å². The molecule has 43 heavy (non-hydrogen) atoms. The van der Waals surface area contributed by atoms with Gasteiger partial charge in [0.25, 0.3) is 0 Å². The van der Waals surface area contributed by atoms with E-state index in [0.717, 1.165) is 24.8 Å². The van der Waals surface area contributed by atoms with E-state index in [0.29, 0.717) is 0 Å². The molecule has 0 saturated heterocycles. The van der Waals surface area contributed by atoms with Crippen LogP contribution < -0.4 is 0 Å². The monoisotopic (exact) mass is 694 g/mol. The van der Waals surface area contributed by atoms with Gasteiger partial charge in [-0.1, -0.05) is 91.0 Å². The summed E-state index contributed by atoms with van der Waals surface area (Å²) in [4.78, 5) is 0. The maximum atomic E-state index is 3.72. The van der Waals surface area contributed by atoms with Crippen molar-refractivity contribution < 1.29 is 24.2 Å². The van der Waals surface area contributed by atoms with Crippen LogP contribution in [0.3, 0.4) is 0 Å². The van der Waals surface area contributed by atoms with Gasteiger partial charge >= 0.3 is 28.4 Å². The van der Waals surface area contributed by atoms with Crippen molar-refractivity contribution in [3.8, 4) is 11.1 Å². The zero-order valence-electron chi connectivity index (χ0n) is 28.1. The summed E-state index contributed by atoms with van der Waals surface area (Å²) in [5.41, 5.74) is 12.7. The van der Waals surface area contributed by atoms with E-state index < -0.39 is 0 Å². The normalized spacial score (nSPS) is 11.7. The minimum atomic E-state index is 0. The van der Waals surface area contributed by atoms with Crippen LogP contribution in [0.25, 0.3) is 11.1 Å². The molecule has 2 aliphatic carbocycles. The molecule has 0 amide bonds. The van der Waals surface area contributed by atoms with Gasteiger partial charge in [-0.3, -0.25) is 6.08 Å². The van der Waals surface area contributed by atoms with Crippen LogP contribution in [0.4, 0.5) is 0 Å². The van der Waals surface area contributed by atoms with Crippen LogP contribution in [0.5, 0.6) is 0 Å². The van der Waals surface area contributed by atoms with Gasteiger partial charge in [-0.2, -0.15) is 54.8 Å². The average molecular weight is 697 g/mol. The second-order valence-corrected chi connectivity index (χ2v) is 12.5. The van der Waals surface area contributed by atoms with E-state index in [2.05, 4.69) is 117 Å². The number of hydrogen-bond donors (Lipinski definition) is 0. The van der Waals surface area contributed by atoms with E-state index in [4.69, 9.17) is 0 Å². The van der Waals surface area contributed by atoms with Crippen molar-refractivity contribution in [3.05, 3.63) is 132 Å². The first-order chi connectivity index (χ1) is 19.3. The number of rotatable bonds is 1. The number of hydrogen-bond acceptors (Lipinski definition) is 0. The van der Waals surface area contributed by atoms with Gasteiger partial charge in [0.15, 0.2) is 0 Å². The van der Waals surface area contributed by atoms with Gasteiger partial charge in [-0.25, -0.2) is 12.2 Å². The van der Waals surface area contributed by atoms with Crippen LogP contribution in [-0.2, 0) is 41.5 Å². The third kappa shape index (κ3) is 14.3. The zero-order valence-corrected chi connectivity index (χ0v) is 32.2. The van der Waals surface area contributed by atoms with Crippen LogP contribution in [-0.4, -0.2) is 4.21 Å². The first-order valence-electron chi connectivity index (χ1n) is 14.7. The third-order valence-corrected chi connectivity index (χ3v) is 6.86. The fourth-order valence-electron chi connectivity index (χ4n) is 4.84. The molecule has 0 aromatic heterocycles. The topological polar surface area (TPSA) is 0 Å². The number of unbranched alkanes of at least 4 members (excludes halogenated alkanes) is 1. The molecule has 236 valence electrons. The first kappa shape index (κ1) is 43.5. The van der Waals surface area contributed by atoms with Crippen LogP contribution in [0.15, 0.2) is 66.8 Å². The average Bonchev–Trinajstić information content (AvgIpc) is 3.60. The summed E-state index contributed by atoms with van der Waals surface area (Å²) >= 11 is 1.30. The Morgan fingerprint density at radius 1 is 0.860 bits per heavy atom. The van der Waals surface area contributed by atoms with Gasteiger partial charge in [0.2, 0.25) is 0 Å². The number of fused-ring (bicyclic) bond motifs is 3. The van der Waals surface area contributed by atoms with Gasteiger partial charge in [-0.05, 0) is 35.4 Å². The summed E-state index contributed by atoms with van der Waals surface area (Å²) in [5.74, 6) is 0. The number of allylic oxidation sites excluding steroid dienone is 4. The van der Waals surface area contributed by atoms with E-state index in [-0.39, 0.29) is 35.6 Å². The molecule has 0 bridgehead atoms. The van der Waals surface area contributed by atoms with Crippen molar-refractivity contribution >= 4 is 29.0 Å². The molecule has 3 aromatic rings. The minimum absolute atomic E-state index is 0. The van der Waals surface area contributed by atoms with E-state index in [1.165, 1.54) is 75.2 Å². The van der Waals surface area contributed by atoms with Crippen molar-refractivity contribution in [1.29, 1.82) is 0 Å². The molecule has 0 nitrogen and oxygen atoms in total. The van der Waals surface area contributed by atoms with Gasteiger partial charge < -0.3 is 6.92 Å². The quantitative estimate of drug-likeness (QED) is 0.174. The van der Waals surface area contributed by atoms with Crippen molar-refractivity contribution in [3.63, 3.8) is 0 Å². The molecule has 0 heterocycles. The molecule has 0 fully saturated rings. The number of benzene rings is 3. The molecule has 0 spiro atoms. The summed E-state index contributed by atoms with van der Waals surface area (Å²) in [7, 11) is 0. The molecule has 0 aliphatic heterocycles. The van der Waals surface area contributed by atoms with Crippen molar-refractivity contribution in [1.82, 2.24) is 0 Å². The Bertz CT molecular complexity index is 1190. The molecule has 0 saturated carbocycles. The SMILES string of the molecule is Cc1[c-]c2c(cc1C(C)(C)C)-c1cc(C(C)(C)C)c(C)cc1C2.Cl.Cl.[C-]1=CC=CC1.[CH2-]CCC.[CH2-]c1ccccc1.[CH2]=[Zr]. The molecule has 2 aliphatic rings. The molecule has 0 N–H and O–H groups in total. The summed E-state index contributed by atoms with van der Waals surface area (Å²) in [5, 5.41) is 0. The molecular weight excluding hydrogens is 643 g/mol. The molecule has 3 aromatic carbocycles. The molecule has 0 radical (unpaired) electrons. The molecule has 3 heteroatoms. The van der Waals surface area contributed by atoms with Gasteiger partial charge in [0.05, 0.1) is 0 Å². The van der Waals surface area contributed by atoms with Crippen LogP contribution in [0, 0.1) is 39.8 Å². The molecule has 0 unspecified atom stereocenters. The van der Waals surface area contributed by atoms with E-state index in [1.807, 2.05) is 42.5 Å². The van der Waals surface area contributed by atoms with Gasteiger partial charge in [0.1, 0.15) is 0 Å². The first-order valence-corrected chi connectivity index (χ1v) is 16.5. The van der Waals surface area contributed by atoms with E-state index in [9.17, 15) is 0 Å². The van der Waals surface area contributed by atoms with Gasteiger partial charge in [-0.15, -0.1) is 60.1 Å². The number of halogens is 2. The van der Waals surface area contributed by atoms with Crippen molar-refractivity contribution in [2.45, 2.75) is 98.8 Å². The Kier molecular flexibility index (Phi) is 21.4. The standard InChI is InChI=1S/C23H29.C7H7.C5H5.C4H9.CH2.2ClH.Zr/c1-14-9-16-11-17-10-15(2)21(23(6,7)8)13-19(17)18(16)12-20(14)22(3,4)5;1-7-5-3-2-4-6-7;1-2-4-5-3-1;1-3-4-2;;;;/h9,12-13H,11H2,1-8H3;2-6H,1H2;1-3H,4H2;1,3-4H2,2H3;1H2;2*1H;/q4*-1;;;;. The Hall–Kier alpha value is -1.66.